The smallest absolute Gasteiger partial charge is 0.195 e. The lowest BCUT2D eigenvalue weighted by molar-refractivity contribution is -0.115. The van der Waals surface area contributed by atoms with Crippen LogP contribution in [0, 0.1) is 5.92 Å². The van der Waals surface area contributed by atoms with E-state index in [-0.39, 0.29) is 0 Å². The van der Waals surface area contributed by atoms with Gasteiger partial charge in [-0.2, -0.15) is 0 Å². The van der Waals surface area contributed by atoms with Crippen molar-refractivity contribution in [2.24, 2.45) is 5.92 Å². The molecule has 0 aromatic heterocycles. The molecule has 174 valence electrons. The predicted octanol–water partition coefficient (Wildman–Crippen LogP) is 2.11. The predicted molar refractivity (Wildman–Crippen MR) is 124 cm³/mol. The van der Waals surface area contributed by atoms with Crippen LogP contribution in [0.1, 0.15) is 24.8 Å². The highest BCUT2D eigenvalue weighted by molar-refractivity contribution is 7.99. The van der Waals surface area contributed by atoms with Crippen molar-refractivity contribution in [3.05, 3.63) is 30.1 Å². The average molecular weight is 469 g/mol. The number of fused-ring (bicyclic) bond motifs is 2. The number of rotatable bonds is 8. The number of benzene rings is 1. The zero-order valence-electron chi connectivity index (χ0n) is 18.4. The summed E-state index contributed by atoms with van der Waals surface area (Å²) < 4.78 is 7.63. The standard InChI is InChI=1S/C23H28N6O3S/c24-21-20-22(27-23(26-20)33-18-1-2-19-16(11-18)6-10-32-19)29(14-25-21)9-5-15-3-7-28(8-4-15)12-17(31)13-30/h1-2,11,13-15,17,31H,3-10,12,24H2. The number of carbonyl (C=O) groups excluding carboxylic acids is 1. The van der Waals surface area contributed by atoms with Crippen LogP contribution in [0.15, 0.2) is 34.6 Å². The minimum absolute atomic E-state index is 0.394. The Morgan fingerprint density at radius 3 is 2.97 bits per heavy atom. The van der Waals surface area contributed by atoms with Gasteiger partial charge in [0.2, 0.25) is 0 Å². The van der Waals surface area contributed by atoms with Gasteiger partial charge < -0.3 is 29.8 Å². The molecule has 0 bridgehead atoms. The van der Waals surface area contributed by atoms with Gasteiger partial charge in [-0.3, -0.25) is 0 Å². The molecule has 0 radical (unpaired) electrons. The summed E-state index contributed by atoms with van der Waals surface area (Å²) in [4.78, 5) is 27.7. The van der Waals surface area contributed by atoms with E-state index in [9.17, 15) is 9.90 Å². The summed E-state index contributed by atoms with van der Waals surface area (Å²) in [6, 6.07) is 6.19. The Bertz CT molecular complexity index is 1100. The van der Waals surface area contributed by atoms with Gasteiger partial charge in [0.25, 0.3) is 0 Å². The SMILES string of the molecule is Nc1ncn(CCC2CCN(CC(O)C=O)CC2)c2nc(Sc3ccc4c(c3)CCO4)nc1-2. The maximum Gasteiger partial charge on any atom is 0.195 e. The molecule has 9 nitrogen and oxygen atoms in total. The van der Waals surface area contributed by atoms with E-state index in [1.165, 1.54) is 17.3 Å². The summed E-state index contributed by atoms with van der Waals surface area (Å²) in [5.74, 6) is 2.70. The first kappa shape index (κ1) is 22.1. The third kappa shape index (κ3) is 4.97. The zero-order valence-corrected chi connectivity index (χ0v) is 19.2. The number of likely N-dealkylation sites (tertiary alicyclic amines) is 1. The molecule has 0 amide bonds. The van der Waals surface area contributed by atoms with E-state index in [4.69, 9.17) is 15.5 Å². The molecule has 4 aliphatic rings. The van der Waals surface area contributed by atoms with E-state index in [0.717, 1.165) is 68.4 Å². The molecule has 1 aromatic rings. The van der Waals surface area contributed by atoms with E-state index in [1.54, 1.807) is 6.33 Å². The normalized spacial score (nSPS) is 17.7. The third-order valence-electron chi connectivity index (χ3n) is 6.43. The topological polar surface area (TPSA) is 119 Å². The molecule has 1 unspecified atom stereocenters. The van der Waals surface area contributed by atoms with Crippen LogP contribution in [0.2, 0.25) is 0 Å². The number of β-amino-alcohol motifs (C(OH)–C–C–N with tert-alkyl or cyclic N) is 1. The Morgan fingerprint density at radius 1 is 1.30 bits per heavy atom. The van der Waals surface area contributed by atoms with Crippen LogP contribution >= 0.6 is 11.8 Å². The maximum atomic E-state index is 10.7. The molecule has 33 heavy (non-hydrogen) atoms. The van der Waals surface area contributed by atoms with Gasteiger partial charge in [0, 0.05) is 24.4 Å². The van der Waals surface area contributed by atoms with Gasteiger partial charge >= 0.3 is 0 Å². The number of aryl methyl sites for hydroxylation is 1. The minimum atomic E-state index is -0.889. The maximum absolute atomic E-state index is 10.7. The molecular weight excluding hydrogens is 440 g/mol. The van der Waals surface area contributed by atoms with Gasteiger partial charge in [0.05, 0.1) is 12.9 Å². The molecule has 3 N–H and O–H groups in total. The number of anilines is 1. The number of nitrogen functional groups attached to an aromatic ring is 1. The molecule has 0 aliphatic carbocycles. The number of aliphatic hydroxyl groups is 1. The monoisotopic (exact) mass is 468 g/mol. The molecule has 1 atom stereocenters. The highest BCUT2D eigenvalue weighted by Gasteiger charge is 2.23. The molecule has 5 rings (SSSR count). The first-order valence-corrected chi connectivity index (χ1v) is 12.2. The lowest BCUT2D eigenvalue weighted by Gasteiger charge is -2.32. The molecule has 1 aromatic carbocycles. The molecule has 0 spiro atoms. The fraction of sp³-hybridized carbons (Fsp3) is 0.478. The number of aldehydes is 1. The van der Waals surface area contributed by atoms with Crippen LogP contribution < -0.4 is 10.5 Å². The van der Waals surface area contributed by atoms with Crippen LogP contribution in [-0.4, -0.2) is 68.2 Å². The number of carbonyl (C=O) groups is 1. The second-order valence-electron chi connectivity index (χ2n) is 8.71. The number of aliphatic hydroxyl groups excluding tert-OH is 1. The molecular formula is C23H28N6O3S. The fourth-order valence-electron chi connectivity index (χ4n) is 4.56. The van der Waals surface area contributed by atoms with Crippen molar-refractivity contribution in [3.63, 3.8) is 0 Å². The Morgan fingerprint density at radius 2 is 2.15 bits per heavy atom. The first-order chi connectivity index (χ1) is 16.1. The summed E-state index contributed by atoms with van der Waals surface area (Å²) >= 11 is 1.52. The highest BCUT2D eigenvalue weighted by Crippen LogP contribution is 2.35. The molecule has 1 fully saturated rings. The number of nitrogens with zero attached hydrogens (tertiary/aromatic N) is 5. The lowest BCUT2D eigenvalue weighted by atomic mass is 9.93. The van der Waals surface area contributed by atoms with Crippen LogP contribution in [0.25, 0.3) is 11.5 Å². The quantitative estimate of drug-likeness (QED) is 0.479. The molecule has 1 saturated heterocycles. The van der Waals surface area contributed by atoms with Crippen molar-refractivity contribution in [3.8, 4) is 17.3 Å². The molecule has 10 heteroatoms. The third-order valence-corrected chi connectivity index (χ3v) is 7.28. The number of nitrogens with two attached hydrogens (primary N) is 1. The van der Waals surface area contributed by atoms with E-state index in [0.29, 0.717) is 35.4 Å². The van der Waals surface area contributed by atoms with Crippen LogP contribution in [-0.2, 0) is 17.8 Å². The largest absolute Gasteiger partial charge is 0.493 e. The van der Waals surface area contributed by atoms with E-state index >= 15 is 0 Å². The molecule has 4 heterocycles. The van der Waals surface area contributed by atoms with E-state index in [1.807, 2.05) is 16.7 Å². The summed E-state index contributed by atoms with van der Waals surface area (Å²) in [6.07, 6.45) is 5.51. The van der Waals surface area contributed by atoms with Gasteiger partial charge in [-0.25, -0.2) is 15.0 Å². The summed E-state index contributed by atoms with van der Waals surface area (Å²) in [5, 5.41) is 10.2. The van der Waals surface area contributed by atoms with Gasteiger partial charge in [-0.1, -0.05) is 0 Å². The van der Waals surface area contributed by atoms with Crippen molar-refractivity contribution >= 4 is 23.9 Å². The van der Waals surface area contributed by atoms with Crippen molar-refractivity contribution < 1.29 is 14.6 Å². The van der Waals surface area contributed by atoms with Crippen molar-refractivity contribution in [2.45, 2.75) is 48.4 Å². The van der Waals surface area contributed by atoms with Gasteiger partial charge in [0.1, 0.15) is 18.1 Å². The average Bonchev–Trinajstić information content (AvgIpc) is 3.47. The summed E-state index contributed by atoms with van der Waals surface area (Å²) in [6.45, 7) is 3.76. The summed E-state index contributed by atoms with van der Waals surface area (Å²) in [5.41, 5.74) is 7.97. The fourth-order valence-corrected chi connectivity index (χ4v) is 5.38. The number of ether oxygens (including phenoxy) is 1. The number of imidazole rings is 1. The molecule has 4 aliphatic heterocycles. The number of piperidine rings is 1. The van der Waals surface area contributed by atoms with Gasteiger partial charge in [-0.05, 0) is 73.8 Å². The lowest BCUT2D eigenvalue weighted by Crippen LogP contribution is -2.39. The Kier molecular flexibility index (Phi) is 6.48. The number of hydrogen-bond donors (Lipinski definition) is 2. The Labute approximate surface area is 196 Å². The zero-order chi connectivity index (χ0) is 22.8. The van der Waals surface area contributed by atoms with Crippen LogP contribution in [0.5, 0.6) is 5.75 Å². The first-order valence-electron chi connectivity index (χ1n) is 11.4. The van der Waals surface area contributed by atoms with Crippen molar-refractivity contribution in [1.29, 1.82) is 0 Å². The van der Waals surface area contributed by atoms with E-state index < -0.39 is 6.10 Å². The summed E-state index contributed by atoms with van der Waals surface area (Å²) in [7, 11) is 0. The molecule has 0 saturated carbocycles. The second-order valence-corrected chi connectivity index (χ2v) is 9.75. The Hall–Kier alpha value is -2.69. The van der Waals surface area contributed by atoms with Crippen molar-refractivity contribution in [1.82, 2.24) is 24.4 Å². The van der Waals surface area contributed by atoms with Crippen LogP contribution in [0.4, 0.5) is 5.82 Å². The van der Waals surface area contributed by atoms with Crippen LogP contribution in [0.3, 0.4) is 0 Å². The Balaban J connectivity index is 1.24. The highest BCUT2D eigenvalue weighted by atomic mass is 32.2. The minimum Gasteiger partial charge on any atom is -0.493 e. The van der Waals surface area contributed by atoms with Gasteiger partial charge in [0.15, 0.2) is 22.5 Å². The van der Waals surface area contributed by atoms with E-state index in [2.05, 4.69) is 20.9 Å². The van der Waals surface area contributed by atoms with Gasteiger partial charge in [-0.15, -0.1) is 0 Å². The number of hydrogen-bond acceptors (Lipinski definition) is 9. The second kappa shape index (κ2) is 9.66. The number of aromatic nitrogens is 4. The van der Waals surface area contributed by atoms with Crippen molar-refractivity contribution in [2.75, 3.05) is 32.0 Å².